The van der Waals surface area contributed by atoms with Gasteiger partial charge in [0.15, 0.2) is 6.29 Å². The first-order chi connectivity index (χ1) is 8.79. The van der Waals surface area contributed by atoms with Crippen LogP contribution in [-0.2, 0) is 0 Å². The normalized spacial score (nSPS) is 10.7. The van der Waals surface area contributed by atoms with E-state index in [1.807, 2.05) is 28.8 Å². The van der Waals surface area contributed by atoms with Crippen LogP contribution in [0.15, 0.2) is 48.8 Å². The summed E-state index contributed by atoms with van der Waals surface area (Å²) >= 11 is 0. The van der Waals surface area contributed by atoms with Crippen molar-refractivity contribution in [2.45, 2.75) is 0 Å². The third kappa shape index (κ3) is 1.59. The van der Waals surface area contributed by atoms with E-state index in [0.717, 1.165) is 11.9 Å². The van der Waals surface area contributed by atoms with Crippen molar-refractivity contribution in [2.24, 2.45) is 0 Å². The van der Waals surface area contributed by atoms with E-state index >= 15 is 0 Å². The van der Waals surface area contributed by atoms with Crippen LogP contribution in [0.1, 0.15) is 10.4 Å². The van der Waals surface area contributed by atoms with E-state index < -0.39 is 0 Å². The van der Waals surface area contributed by atoms with E-state index in [2.05, 4.69) is 4.98 Å². The van der Waals surface area contributed by atoms with Crippen molar-refractivity contribution in [3.8, 4) is 11.3 Å². The molecule has 0 atom stereocenters. The molecule has 0 unspecified atom stereocenters. The van der Waals surface area contributed by atoms with Crippen LogP contribution in [-0.4, -0.2) is 15.7 Å². The maximum absolute atomic E-state index is 13.3. The molecule has 3 aromatic rings. The third-order valence-corrected chi connectivity index (χ3v) is 2.84. The summed E-state index contributed by atoms with van der Waals surface area (Å²) in [6.07, 6.45) is 4.19. The molecule has 0 saturated heterocycles. The Morgan fingerprint density at radius 2 is 2.11 bits per heavy atom. The zero-order valence-electron chi connectivity index (χ0n) is 9.38. The molecule has 0 amide bonds. The van der Waals surface area contributed by atoms with Gasteiger partial charge in [0.25, 0.3) is 0 Å². The smallest absolute Gasteiger partial charge is 0.150 e. The van der Waals surface area contributed by atoms with E-state index in [1.165, 1.54) is 18.2 Å². The number of benzene rings is 1. The number of carbonyl (C=O) groups excluding carboxylic acids is 1. The van der Waals surface area contributed by atoms with Gasteiger partial charge in [0.2, 0.25) is 0 Å². The predicted molar refractivity (Wildman–Crippen MR) is 66.0 cm³/mol. The van der Waals surface area contributed by atoms with Crippen LogP contribution >= 0.6 is 0 Å². The fourth-order valence-electron chi connectivity index (χ4n) is 1.98. The number of halogens is 1. The predicted octanol–water partition coefficient (Wildman–Crippen LogP) is 2.95. The molecule has 0 spiro atoms. The third-order valence-electron chi connectivity index (χ3n) is 2.84. The molecule has 2 aromatic heterocycles. The quantitative estimate of drug-likeness (QED) is 0.645. The van der Waals surface area contributed by atoms with Crippen molar-refractivity contribution in [2.75, 3.05) is 0 Å². The number of hydrogen-bond acceptors (Lipinski definition) is 2. The molecule has 0 aliphatic carbocycles. The SMILES string of the molecule is O=Cc1ccc(F)cc1-c1cnc2ccccn12. The zero-order valence-corrected chi connectivity index (χ0v) is 9.38. The minimum Gasteiger partial charge on any atom is -0.300 e. The summed E-state index contributed by atoms with van der Waals surface area (Å²) in [4.78, 5) is 15.2. The average molecular weight is 240 g/mol. The lowest BCUT2D eigenvalue weighted by Crippen LogP contribution is -1.93. The molecule has 18 heavy (non-hydrogen) atoms. The van der Waals surface area contributed by atoms with Crippen LogP contribution < -0.4 is 0 Å². The van der Waals surface area contributed by atoms with E-state index in [0.29, 0.717) is 16.8 Å². The second kappa shape index (κ2) is 4.07. The van der Waals surface area contributed by atoms with Crippen molar-refractivity contribution in [3.05, 3.63) is 60.2 Å². The number of aromatic nitrogens is 2. The van der Waals surface area contributed by atoms with Crippen LogP contribution in [0.4, 0.5) is 4.39 Å². The highest BCUT2D eigenvalue weighted by Crippen LogP contribution is 2.24. The van der Waals surface area contributed by atoms with Gasteiger partial charge >= 0.3 is 0 Å². The van der Waals surface area contributed by atoms with Gasteiger partial charge in [-0.05, 0) is 30.3 Å². The molecule has 0 aliphatic heterocycles. The number of nitrogens with zero attached hydrogens (tertiary/aromatic N) is 2. The highest BCUT2D eigenvalue weighted by Gasteiger charge is 2.10. The number of imidazole rings is 1. The van der Waals surface area contributed by atoms with Crippen molar-refractivity contribution in [1.29, 1.82) is 0 Å². The van der Waals surface area contributed by atoms with Crippen LogP contribution in [0.25, 0.3) is 16.9 Å². The molecule has 0 aliphatic rings. The van der Waals surface area contributed by atoms with Gasteiger partial charge in [-0.15, -0.1) is 0 Å². The molecule has 1 aromatic carbocycles. The van der Waals surface area contributed by atoms with Crippen LogP contribution in [0, 0.1) is 5.82 Å². The molecule has 0 bridgehead atoms. The first-order valence-electron chi connectivity index (χ1n) is 5.47. The summed E-state index contributed by atoms with van der Waals surface area (Å²) < 4.78 is 15.2. The molecule has 0 fully saturated rings. The topological polar surface area (TPSA) is 34.4 Å². The maximum Gasteiger partial charge on any atom is 0.150 e. The first kappa shape index (κ1) is 10.7. The average Bonchev–Trinajstić information content (AvgIpc) is 2.82. The van der Waals surface area contributed by atoms with Crippen molar-refractivity contribution in [1.82, 2.24) is 9.38 Å². The second-order valence-corrected chi connectivity index (χ2v) is 3.92. The Hall–Kier alpha value is -2.49. The van der Waals surface area contributed by atoms with Gasteiger partial charge in [0.1, 0.15) is 11.5 Å². The highest BCUT2D eigenvalue weighted by atomic mass is 19.1. The fraction of sp³-hybridized carbons (Fsp3) is 0. The van der Waals surface area contributed by atoms with Crippen molar-refractivity contribution >= 4 is 11.9 Å². The number of hydrogen-bond donors (Lipinski definition) is 0. The van der Waals surface area contributed by atoms with Crippen LogP contribution in [0.5, 0.6) is 0 Å². The lowest BCUT2D eigenvalue weighted by atomic mass is 10.1. The Bertz CT molecular complexity index is 733. The molecule has 0 N–H and O–H groups in total. The lowest BCUT2D eigenvalue weighted by Gasteiger charge is -2.04. The largest absolute Gasteiger partial charge is 0.300 e. The molecular weight excluding hydrogens is 231 g/mol. The Labute approximate surface area is 103 Å². The number of rotatable bonds is 2. The monoisotopic (exact) mass is 240 g/mol. The molecular formula is C14H9FN2O. The van der Waals surface area contributed by atoms with E-state index in [-0.39, 0.29) is 5.82 Å². The number of aldehydes is 1. The van der Waals surface area contributed by atoms with Crippen LogP contribution in [0.3, 0.4) is 0 Å². The van der Waals surface area contributed by atoms with Gasteiger partial charge in [-0.1, -0.05) is 6.07 Å². The summed E-state index contributed by atoms with van der Waals surface area (Å²) in [6.45, 7) is 0. The van der Waals surface area contributed by atoms with Gasteiger partial charge < -0.3 is 0 Å². The Morgan fingerprint density at radius 1 is 1.22 bits per heavy atom. The summed E-state index contributed by atoms with van der Waals surface area (Å²) in [7, 11) is 0. The zero-order chi connectivity index (χ0) is 12.5. The Kier molecular flexibility index (Phi) is 2.41. The highest BCUT2D eigenvalue weighted by molar-refractivity contribution is 5.87. The lowest BCUT2D eigenvalue weighted by molar-refractivity contribution is 0.112. The summed E-state index contributed by atoms with van der Waals surface area (Å²) in [5.41, 5.74) is 2.45. The van der Waals surface area contributed by atoms with Crippen molar-refractivity contribution < 1.29 is 9.18 Å². The van der Waals surface area contributed by atoms with Gasteiger partial charge in [-0.3, -0.25) is 9.20 Å². The Balaban J connectivity index is 2.32. The minimum atomic E-state index is -0.374. The number of fused-ring (bicyclic) bond motifs is 1. The minimum absolute atomic E-state index is 0.374. The van der Waals surface area contributed by atoms with Gasteiger partial charge in [0.05, 0.1) is 11.9 Å². The van der Waals surface area contributed by atoms with Gasteiger partial charge in [-0.25, -0.2) is 9.37 Å². The standard InChI is InChI=1S/C14H9FN2O/c15-11-5-4-10(9-18)12(7-11)13-8-16-14-3-1-2-6-17(13)14/h1-9H. The second-order valence-electron chi connectivity index (χ2n) is 3.92. The number of carbonyl (C=O) groups is 1. The molecule has 3 rings (SSSR count). The van der Waals surface area contributed by atoms with Crippen molar-refractivity contribution in [3.63, 3.8) is 0 Å². The molecule has 0 saturated carbocycles. The summed E-state index contributed by atoms with van der Waals surface area (Å²) in [5.74, 6) is -0.374. The summed E-state index contributed by atoms with van der Waals surface area (Å²) in [6, 6.07) is 9.68. The molecule has 0 radical (unpaired) electrons. The summed E-state index contributed by atoms with van der Waals surface area (Å²) in [5, 5.41) is 0. The molecule has 88 valence electrons. The van der Waals surface area contributed by atoms with E-state index in [9.17, 15) is 9.18 Å². The maximum atomic E-state index is 13.3. The number of pyridine rings is 1. The molecule has 3 nitrogen and oxygen atoms in total. The fourth-order valence-corrected chi connectivity index (χ4v) is 1.98. The molecule has 2 heterocycles. The van der Waals surface area contributed by atoms with E-state index in [4.69, 9.17) is 0 Å². The first-order valence-corrected chi connectivity index (χ1v) is 5.47. The van der Waals surface area contributed by atoms with Gasteiger partial charge in [-0.2, -0.15) is 0 Å². The van der Waals surface area contributed by atoms with Crippen LogP contribution in [0.2, 0.25) is 0 Å². The van der Waals surface area contributed by atoms with E-state index in [1.54, 1.807) is 6.20 Å². The van der Waals surface area contributed by atoms with Gasteiger partial charge in [0, 0.05) is 17.3 Å². The molecule has 4 heteroatoms. The Morgan fingerprint density at radius 3 is 2.94 bits per heavy atom.